The third-order valence-corrected chi connectivity index (χ3v) is 3.68. The van der Waals surface area contributed by atoms with Gasteiger partial charge >= 0.3 is 0 Å². The maximum absolute atomic E-state index is 4.29. The van der Waals surface area contributed by atoms with E-state index in [-0.39, 0.29) is 0 Å². The lowest BCUT2D eigenvalue weighted by Gasteiger charge is -2.39. The van der Waals surface area contributed by atoms with Crippen LogP contribution in [0.3, 0.4) is 0 Å². The predicted octanol–water partition coefficient (Wildman–Crippen LogP) is 2.43. The number of pyridine rings is 1. The molecule has 0 aromatic carbocycles. The van der Waals surface area contributed by atoms with Gasteiger partial charge in [-0.1, -0.05) is 6.92 Å². The Labute approximate surface area is 104 Å². The minimum absolute atomic E-state index is 0.631. The van der Waals surface area contributed by atoms with Crippen LogP contribution in [0, 0.1) is 5.92 Å². The minimum atomic E-state index is 0.631. The molecule has 2 unspecified atom stereocenters. The smallest absolute Gasteiger partial charge is 0.0600 e. The Kier molecular flexibility index (Phi) is 4.00. The van der Waals surface area contributed by atoms with Crippen LogP contribution in [0.5, 0.6) is 0 Å². The molecule has 0 spiro atoms. The molecule has 0 aliphatic carbocycles. The molecule has 3 heteroatoms. The first-order valence-electron chi connectivity index (χ1n) is 6.56. The molecule has 0 radical (unpaired) electrons. The first kappa shape index (κ1) is 12.4. The number of hydrogen-bond acceptors (Lipinski definition) is 3. The molecule has 3 nitrogen and oxygen atoms in total. The van der Waals surface area contributed by atoms with Gasteiger partial charge in [-0.15, -0.1) is 0 Å². The van der Waals surface area contributed by atoms with E-state index in [1.807, 2.05) is 19.4 Å². The summed E-state index contributed by atoms with van der Waals surface area (Å²) in [6.45, 7) is 6.73. The molecule has 94 valence electrons. The van der Waals surface area contributed by atoms with Crippen LogP contribution in [0.25, 0.3) is 0 Å². The summed E-state index contributed by atoms with van der Waals surface area (Å²) < 4.78 is 0. The Morgan fingerprint density at radius 3 is 3.00 bits per heavy atom. The van der Waals surface area contributed by atoms with E-state index in [2.05, 4.69) is 35.1 Å². The van der Waals surface area contributed by atoms with Crippen molar-refractivity contribution in [3.05, 3.63) is 24.0 Å². The molecule has 2 rings (SSSR count). The predicted molar refractivity (Wildman–Crippen MR) is 72.2 cm³/mol. The molecule has 1 aromatic rings. The van der Waals surface area contributed by atoms with Gasteiger partial charge in [0.25, 0.3) is 0 Å². The molecule has 0 amide bonds. The summed E-state index contributed by atoms with van der Waals surface area (Å²) in [5.41, 5.74) is 2.66. The third kappa shape index (κ3) is 2.78. The zero-order valence-electron chi connectivity index (χ0n) is 11.1. The van der Waals surface area contributed by atoms with Gasteiger partial charge in [0, 0.05) is 25.3 Å². The topological polar surface area (TPSA) is 28.2 Å². The molecule has 2 heterocycles. The summed E-state index contributed by atoms with van der Waals surface area (Å²) in [7, 11) is 1.99. The van der Waals surface area contributed by atoms with Gasteiger partial charge in [-0.05, 0) is 44.4 Å². The van der Waals surface area contributed by atoms with Gasteiger partial charge in [-0.2, -0.15) is 0 Å². The van der Waals surface area contributed by atoms with Crippen molar-refractivity contribution in [1.82, 2.24) is 10.3 Å². The lowest BCUT2D eigenvalue weighted by atomic mass is 9.94. The maximum atomic E-state index is 4.29. The highest BCUT2D eigenvalue weighted by Gasteiger charge is 2.24. The number of aromatic nitrogens is 1. The summed E-state index contributed by atoms with van der Waals surface area (Å²) in [4.78, 5) is 6.81. The van der Waals surface area contributed by atoms with E-state index in [1.54, 1.807) is 0 Å². The molecule has 1 aliphatic heterocycles. The number of nitrogens with one attached hydrogen (secondary N) is 1. The fourth-order valence-electron chi connectivity index (χ4n) is 2.64. The normalized spacial score (nSPS) is 25.0. The molecule has 1 N–H and O–H groups in total. The van der Waals surface area contributed by atoms with E-state index in [4.69, 9.17) is 0 Å². The van der Waals surface area contributed by atoms with Crippen molar-refractivity contribution >= 4 is 5.69 Å². The Bertz CT molecular complexity index is 364. The molecule has 0 saturated carbocycles. The van der Waals surface area contributed by atoms with Gasteiger partial charge in [-0.3, -0.25) is 4.98 Å². The quantitative estimate of drug-likeness (QED) is 0.869. The molecule has 2 atom stereocenters. The van der Waals surface area contributed by atoms with E-state index in [1.165, 1.54) is 24.1 Å². The first-order chi connectivity index (χ1) is 8.22. The van der Waals surface area contributed by atoms with Crippen molar-refractivity contribution in [3.8, 4) is 0 Å². The fourth-order valence-corrected chi connectivity index (χ4v) is 2.64. The van der Waals surface area contributed by atoms with Crippen LogP contribution >= 0.6 is 0 Å². The first-order valence-corrected chi connectivity index (χ1v) is 6.56. The maximum Gasteiger partial charge on any atom is 0.0600 e. The molecule has 1 aromatic heterocycles. The molecule has 0 bridgehead atoms. The summed E-state index contributed by atoms with van der Waals surface area (Å²) in [6.07, 6.45) is 6.53. The Morgan fingerprint density at radius 2 is 2.24 bits per heavy atom. The number of hydrogen-bond donors (Lipinski definition) is 1. The average molecular weight is 233 g/mol. The van der Waals surface area contributed by atoms with Crippen LogP contribution in [0.4, 0.5) is 5.69 Å². The summed E-state index contributed by atoms with van der Waals surface area (Å²) in [6, 6.07) is 2.75. The van der Waals surface area contributed by atoms with E-state index >= 15 is 0 Å². The van der Waals surface area contributed by atoms with Crippen LogP contribution in [-0.4, -0.2) is 24.6 Å². The van der Waals surface area contributed by atoms with Crippen molar-refractivity contribution in [2.75, 3.05) is 18.5 Å². The van der Waals surface area contributed by atoms with Gasteiger partial charge in [0.2, 0.25) is 0 Å². The molecular weight excluding hydrogens is 210 g/mol. The molecule has 1 fully saturated rings. The fraction of sp³-hybridized carbons (Fsp3) is 0.643. The monoisotopic (exact) mass is 233 g/mol. The minimum Gasteiger partial charge on any atom is -0.367 e. The Morgan fingerprint density at radius 1 is 1.41 bits per heavy atom. The Balaban J connectivity index is 2.25. The number of rotatable bonds is 3. The van der Waals surface area contributed by atoms with Crippen LogP contribution in [0.15, 0.2) is 18.5 Å². The van der Waals surface area contributed by atoms with Crippen LogP contribution in [-0.2, 0) is 6.54 Å². The van der Waals surface area contributed by atoms with Gasteiger partial charge < -0.3 is 10.2 Å². The number of piperidine rings is 1. The Hall–Kier alpha value is -1.09. The SMILES string of the molecule is CNCc1ccncc1N1CC(C)CCC1C. The molecule has 1 aliphatic rings. The third-order valence-electron chi connectivity index (χ3n) is 3.68. The summed E-state index contributed by atoms with van der Waals surface area (Å²) in [5.74, 6) is 0.786. The highest BCUT2D eigenvalue weighted by Crippen LogP contribution is 2.29. The lowest BCUT2D eigenvalue weighted by molar-refractivity contribution is 0.389. The highest BCUT2D eigenvalue weighted by molar-refractivity contribution is 5.52. The van der Waals surface area contributed by atoms with E-state index in [0.29, 0.717) is 6.04 Å². The van der Waals surface area contributed by atoms with Gasteiger partial charge in [0.1, 0.15) is 0 Å². The molecular formula is C14H23N3. The van der Waals surface area contributed by atoms with Crippen molar-refractivity contribution in [3.63, 3.8) is 0 Å². The van der Waals surface area contributed by atoms with Crippen molar-refractivity contribution in [2.24, 2.45) is 5.92 Å². The lowest BCUT2D eigenvalue weighted by Crippen LogP contribution is -2.41. The van der Waals surface area contributed by atoms with Crippen molar-refractivity contribution in [1.29, 1.82) is 0 Å². The van der Waals surface area contributed by atoms with Gasteiger partial charge in [0.15, 0.2) is 0 Å². The summed E-state index contributed by atoms with van der Waals surface area (Å²) in [5, 5.41) is 3.24. The highest BCUT2D eigenvalue weighted by atomic mass is 15.2. The van der Waals surface area contributed by atoms with Crippen LogP contribution in [0.2, 0.25) is 0 Å². The standard InChI is InChI=1S/C14H23N3/c1-11-4-5-12(2)17(10-11)14-9-16-7-6-13(14)8-15-3/h6-7,9,11-12,15H,4-5,8,10H2,1-3H3. The zero-order valence-corrected chi connectivity index (χ0v) is 11.1. The van der Waals surface area contributed by atoms with E-state index in [9.17, 15) is 0 Å². The van der Waals surface area contributed by atoms with Crippen LogP contribution in [0.1, 0.15) is 32.3 Å². The molecule has 17 heavy (non-hydrogen) atoms. The van der Waals surface area contributed by atoms with E-state index in [0.717, 1.165) is 19.0 Å². The number of nitrogens with zero attached hydrogens (tertiary/aromatic N) is 2. The molecule has 1 saturated heterocycles. The second-order valence-corrected chi connectivity index (χ2v) is 5.22. The van der Waals surface area contributed by atoms with Gasteiger partial charge in [-0.25, -0.2) is 0 Å². The van der Waals surface area contributed by atoms with Crippen molar-refractivity contribution < 1.29 is 0 Å². The second-order valence-electron chi connectivity index (χ2n) is 5.22. The largest absolute Gasteiger partial charge is 0.367 e. The van der Waals surface area contributed by atoms with Crippen LogP contribution < -0.4 is 10.2 Å². The summed E-state index contributed by atoms with van der Waals surface area (Å²) >= 11 is 0. The van der Waals surface area contributed by atoms with Crippen molar-refractivity contribution in [2.45, 2.75) is 39.3 Å². The van der Waals surface area contributed by atoms with E-state index < -0.39 is 0 Å². The second kappa shape index (κ2) is 5.50. The zero-order chi connectivity index (χ0) is 12.3. The number of anilines is 1. The van der Waals surface area contributed by atoms with Gasteiger partial charge in [0.05, 0.1) is 11.9 Å². The average Bonchev–Trinajstić information content (AvgIpc) is 2.34.